The Morgan fingerprint density at radius 1 is 0.724 bits per heavy atom. The molecule has 3 aromatic carbocycles. The Morgan fingerprint density at radius 3 is 1.97 bits per heavy atom. The molecule has 146 valence electrons. The maximum atomic E-state index is 5.62. The van der Waals surface area contributed by atoms with Gasteiger partial charge in [0, 0.05) is 24.3 Å². The van der Waals surface area contributed by atoms with Crippen molar-refractivity contribution in [3.63, 3.8) is 0 Å². The van der Waals surface area contributed by atoms with E-state index >= 15 is 0 Å². The zero-order chi connectivity index (χ0) is 19.5. The second-order valence-electron chi connectivity index (χ2n) is 7.44. The van der Waals surface area contributed by atoms with Gasteiger partial charge in [-0.2, -0.15) is 0 Å². The number of ether oxygens (including phenoxy) is 1. The van der Waals surface area contributed by atoms with E-state index in [9.17, 15) is 0 Å². The second-order valence-corrected chi connectivity index (χ2v) is 7.44. The molecule has 3 aromatic rings. The van der Waals surface area contributed by atoms with E-state index in [1.54, 1.807) is 0 Å². The minimum absolute atomic E-state index is 0.0525. The number of hydrogen-bond acceptors (Lipinski definition) is 4. The monoisotopic (exact) mass is 383 g/mol. The summed E-state index contributed by atoms with van der Waals surface area (Å²) in [6.45, 7) is 3.34. The van der Waals surface area contributed by atoms with Gasteiger partial charge < -0.3 is 9.64 Å². The number of hydrogen-bond donors (Lipinski definition) is 0. The van der Waals surface area contributed by atoms with Crippen LogP contribution in [0.2, 0.25) is 0 Å². The third kappa shape index (κ3) is 3.57. The van der Waals surface area contributed by atoms with Crippen LogP contribution in [0, 0.1) is 0 Å². The fourth-order valence-corrected chi connectivity index (χ4v) is 4.29. The van der Waals surface area contributed by atoms with Crippen molar-refractivity contribution in [2.45, 2.75) is 12.2 Å². The van der Waals surface area contributed by atoms with Crippen molar-refractivity contribution in [2.75, 3.05) is 31.2 Å². The summed E-state index contributed by atoms with van der Waals surface area (Å²) in [5.74, 6) is 1.03. The summed E-state index contributed by atoms with van der Waals surface area (Å²) in [6.07, 6.45) is 0.0525. The zero-order valence-corrected chi connectivity index (χ0v) is 16.4. The molecule has 0 aliphatic carbocycles. The standard InChI is InChI=1S/C25H25N3O/c1-4-10-20(11-5-1)23-25(27-16-18-29-19-17-27)26-24(21-12-6-2-7-13-21)28(23)22-14-8-3-9-15-22/h1-15,23,25H,16-19H2. The van der Waals surface area contributed by atoms with Crippen molar-refractivity contribution in [1.82, 2.24) is 4.90 Å². The fraction of sp³-hybridized carbons (Fsp3) is 0.240. The lowest BCUT2D eigenvalue weighted by molar-refractivity contribution is 0.0150. The minimum atomic E-state index is 0.0525. The lowest BCUT2D eigenvalue weighted by Gasteiger charge is -2.37. The van der Waals surface area contributed by atoms with Crippen molar-refractivity contribution in [3.05, 3.63) is 102 Å². The molecule has 2 atom stereocenters. The molecule has 1 fully saturated rings. The van der Waals surface area contributed by atoms with Gasteiger partial charge in [0.25, 0.3) is 0 Å². The van der Waals surface area contributed by atoms with E-state index in [0.717, 1.165) is 37.7 Å². The molecule has 0 aromatic heterocycles. The highest BCUT2D eigenvalue weighted by Gasteiger charge is 2.41. The van der Waals surface area contributed by atoms with E-state index in [2.05, 4.69) is 101 Å². The Kier molecular flexibility index (Phi) is 5.11. The third-order valence-electron chi connectivity index (χ3n) is 5.67. The second kappa shape index (κ2) is 8.19. The molecule has 2 unspecified atom stereocenters. The molecule has 0 bridgehead atoms. The van der Waals surface area contributed by atoms with Crippen LogP contribution >= 0.6 is 0 Å². The Hall–Kier alpha value is -2.95. The minimum Gasteiger partial charge on any atom is -0.379 e. The van der Waals surface area contributed by atoms with E-state index in [-0.39, 0.29) is 12.2 Å². The number of benzene rings is 3. The van der Waals surface area contributed by atoms with E-state index in [0.29, 0.717) is 0 Å². The number of aliphatic imine (C=N–C) groups is 1. The van der Waals surface area contributed by atoms with Crippen molar-refractivity contribution in [1.29, 1.82) is 0 Å². The van der Waals surface area contributed by atoms with Gasteiger partial charge in [0.05, 0.1) is 19.3 Å². The highest BCUT2D eigenvalue weighted by Crippen LogP contribution is 2.39. The van der Waals surface area contributed by atoms with Gasteiger partial charge in [-0.1, -0.05) is 78.9 Å². The van der Waals surface area contributed by atoms with Gasteiger partial charge in [0.15, 0.2) is 0 Å². The Balaban J connectivity index is 1.65. The fourth-order valence-electron chi connectivity index (χ4n) is 4.29. The topological polar surface area (TPSA) is 28.1 Å². The van der Waals surface area contributed by atoms with Gasteiger partial charge in [0.1, 0.15) is 12.0 Å². The summed E-state index contributed by atoms with van der Waals surface area (Å²) in [5.41, 5.74) is 3.59. The molecule has 4 heteroatoms. The average molecular weight is 383 g/mol. The van der Waals surface area contributed by atoms with E-state index < -0.39 is 0 Å². The average Bonchev–Trinajstić information content (AvgIpc) is 3.22. The van der Waals surface area contributed by atoms with Gasteiger partial charge >= 0.3 is 0 Å². The van der Waals surface area contributed by atoms with Crippen LogP contribution in [-0.4, -0.2) is 43.2 Å². The first kappa shape index (κ1) is 18.1. The Morgan fingerprint density at radius 2 is 1.31 bits per heavy atom. The molecule has 0 saturated carbocycles. The molecular weight excluding hydrogens is 358 g/mol. The van der Waals surface area contributed by atoms with Crippen LogP contribution in [0.4, 0.5) is 5.69 Å². The van der Waals surface area contributed by atoms with Crippen LogP contribution in [0.5, 0.6) is 0 Å². The van der Waals surface area contributed by atoms with E-state index in [1.807, 2.05) is 0 Å². The van der Waals surface area contributed by atoms with Gasteiger partial charge in [-0.05, 0) is 17.7 Å². The molecule has 1 saturated heterocycles. The first-order chi connectivity index (χ1) is 14.4. The summed E-state index contributed by atoms with van der Waals surface area (Å²) in [5, 5.41) is 0. The molecule has 5 rings (SSSR count). The van der Waals surface area contributed by atoms with E-state index in [4.69, 9.17) is 9.73 Å². The van der Waals surface area contributed by atoms with Crippen LogP contribution in [0.3, 0.4) is 0 Å². The van der Waals surface area contributed by atoms with Gasteiger partial charge in [0.2, 0.25) is 0 Å². The highest BCUT2D eigenvalue weighted by molar-refractivity contribution is 6.12. The van der Waals surface area contributed by atoms with Crippen molar-refractivity contribution < 1.29 is 4.74 Å². The molecule has 2 aliphatic heterocycles. The van der Waals surface area contributed by atoms with E-state index in [1.165, 1.54) is 11.3 Å². The van der Waals surface area contributed by atoms with Crippen LogP contribution in [-0.2, 0) is 4.74 Å². The molecule has 0 spiro atoms. The normalized spacial score (nSPS) is 22.5. The van der Waals surface area contributed by atoms with Crippen molar-refractivity contribution >= 4 is 11.5 Å². The Bertz CT molecular complexity index is 953. The van der Waals surface area contributed by atoms with Gasteiger partial charge in [-0.25, -0.2) is 4.99 Å². The molecule has 0 radical (unpaired) electrons. The predicted octanol–water partition coefficient (Wildman–Crippen LogP) is 4.35. The summed E-state index contributed by atoms with van der Waals surface area (Å²) in [6, 6.07) is 32.0. The van der Waals surface area contributed by atoms with Crippen LogP contribution in [0.15, 0.2) is 96.0 Å². The number of rotatable bonds is 4. The number of anilines is 1. The van der Waals surface area contributed by atoms with Crippen LogP contribution in [0.25, 0.3) is 0 Å². The number of para-hydroxylation sites is 1. The first-order valence-electron chi connectivity index (χ1n) is 10.3. The number of nitrogens with zero attached hydrogens (tertiary/aromatic N) is 3. The smallest absolute Gasteiger partial charge is 0.137 e. The molecule has 0 N–H and O–H groups in total. The molecule has 2 heterocycles. The molecule has 0 amide bonds. The summed E-state index contributed by atoms with van der Waals surface area (Å²) in [7, 11) is 0. The molecule has 4 nitrogen and oxygen atoms in total. The maximum Gasteiger partial charge on any atom is 0.137 e. The lowest BCUT2D eigenvalue weighted by atomic mass is 10.0. The van der Waals surface area contributed by atoms with Crippen LogP contribution < -0.4 is 4.90 Å². The zero-order valence-electron chi connectivity index (χ0n) is 16.4. The predicted molar refractivity (Wildman–Crippen MR) is 117 cm³/mol. The summed E-state index contributed by atoms with van der Waals surface area (Å²) < 4.78 is 5.62. The highest BCUT2D eigenvalue weighted by atomic mass is 16.5. The molecule has 2 aliphatic rings. The Labute approximate surface area is 172 Å². The van der Waals surface area contributed by atoms with Crippen molar-refractivity contribution in [3.8, 4) is 0 Å². The third-order valence-corrected chi connectivity index (χ3v) is 5.67. The summed E-state index contributed by atoms with van der Waals surface area (Å²) in [4.78, 5) is 10.2. The lowest BCUT2D eigenvalue weighted by Crippen LogP contribution is -2.46. The maximum absolute atomic E-state index is 5.62. The molecular formula is C25H25N3O. The van der Waals surface area contributed by atoms with Gasteiger partial charge in [-0.15, -0.1) is 0 Å². The van der Waals surface area contributed by atoms with Crippen LogP contribution in [0.1, 0.15) is 17.2 Å². The summed E-state index contributed by atoms with van der Waals surface area (Å²) >= 11 is 0. The first-order valence-corrected chi connectivity index (χ1v) is 10.3. The quantitative estimate of drug-likeness (QED) is 0.670. The SMILES string of the molecule is c1ccc(C2=NC(N3CCOCC3)C(c3ccccc3)N2c2ccccc2)cc1. The molecule has 29 heavy (non-hydrogen) atoms. The largest absolute Gasteiger partial charge is 0.379 e. The number of amidine groups is 1. The van der Waals surface area contributed by atoms with Gasteiger partial charge in [-0.3, -0.25) is 4.90 Å². The number of morpholine rings is 1. The van der Waals surface area contributed by atoms with Crippen molar-refractivity contribution in [2.24, 2.45) is 4.99 Å².